The van der Waals surface area contributed by atoms with E-state index in [1.165, 1.54) is 38.4 Å². The van der Waals surface area contributed by atoms with Crippen LogP contribution in [-0.2, 0) is 0 Å². The van der Waals surface area contributed by atoms with Crippen molar-refractivity contribution in [3.05, 3.63) is 188 Å². The number of furan rings is 1. The topological polar surface area (TPSA) is 16.4 Å². The fraction of sp³-hybridized carbons (Fsp3) is 0. The van der Waals surface area contributed by atoms with E-state index in [-0.39, 0.29) is 0 Å². The molecule has 0 bridgehead atoms. The quantitative estimate of drug-likeness (QED) is 0.174. The van der Waals surface area contributed by atoms with Gasteiger partial charge in [-0.2, -0.15) is 0 Å². The lowest BCUT2D eigenvalue weighted by Gasteiger charge is -2.26. The molecule has 1 aromatic heterocycles. The second kappa shape index (κ2) is 11.8. The van der Waals surface area contributed by atoms with Crippen LogP contribution in [0, 0.1) is 0 Å². The van der Waals surface area contributed by atoms with Gasteiger partial charge < -0.3 is 9.32 Å². The summed E-state index contributed by atoms with van der Waals surface area (Å²) in [5, 5.41) is 5.95. The smallest absolute Gasteiger partial charge is 0.143 e. The number of hydrogen-bond donors (Lipinski definition) is 0. The van der Waals surface area contributed by atoms with Gasteiger partial charge in [-0.05, 0) is 93.0 Å². The number of hydrogen-bond acceptors (Lipinski definition) is 2. The highest BCUT2D eigenvalue weighted by Crippen LogP contribution is 2.41. The van der Waals surface area contributed by atoms with Gasteiger partial charge >= 0.3 is 0 Å². The summed E-state index contributed by atoms with van der Waals surface area (Å²) in [5.41, 5.74) is 10.0. The minimum Gasteiger partial charge on any atom is -0.455 e. The number of rotatable bonds is 6. The largest absolute Gasteiger partial charge is 0.455 e. The maximum atomic E-state index is 6.64. The zero-order chi connectivity index (χ0) is 31.9. The van der Waals surface area contributed by atoms with E-state index >= 15 is 0 Å². The second-order valence-electron chi connectivity index (χ2n) is 12.2. The van der Waals surface area contributed by atoms with Gasteiger partial charge in [0.15, 0.2) is 0 Å². The van der Waals surface area contributed by atoms with Gasteiger partial charge in [-0.3, -0.25) is 0 Å². The van der Waals surface area contributed by atoms with Crippen molar-refractivity contribution in [3.8, 4) is 33.6 Å². The molecule has 0 unspecified atom stereocenters. The first-order valence-electron chi connectivity index (χ1n) is 16.3. The van der Waals surface area contributed by atoms with Crippen LogP contribution < -0.4 is 4.90 Å². The Morgan fingerprint density at radius 3 is 1.12 bits per heavy atom. The summed E-state index contributed by atoms with van der Waals surface area (Å²) < 4.78 is 6.64. The van der Waals surface area contributed by atoms with Gasteiger partial charge in [-0.1, -0.05) is 133 Å². The van der Waals surface area contributed by atoms with Crippen LogP contribution in [0.4, 0.5) is 17.1 Å². The highest BCUT2D eigenvalue weighted by atomic mass is 16.3. The van der Waals surface area contributed by atoms with Crippen LogP contribution >= 0.6 is 0 Å². The first-order valence-corrected chi connectivity index (χ1v) is 16.3. The minimum atomic E-state index is 0.865. The summed E-state index contributed by atoms with van der Waals surface area (Å²) >= 11 is 0. The number of nitrogens with zero attached hydrogens (tertiary/aromatic N) is 1. The van der Waals surface area contributed by atoms with Crippen molar-refractivity contribution in [3.63, 3.8) is 0 Å². The normalized spacial score (nSPS) is 11.3. The first kappa shape index (κ1) is 27.9. The van der Waals surface area contributed by atoms with Crippen LogP contribution in [0.15, 0.2) is 192 Å². The summed E-state index contributed by atoms with van der Waals surface area (Å²) in [6.07, 6.45) is 0. The van der Waals surface area contributed by atoms with Crippen LogP contribution in [0.3, 0.4) is 0 Å². The molecule has 0 N–H and O–H groups in total. The summed E-state index contributed by atoms with van der Waals surface area (Å²) in [6, 6.07) is 66.7. The van der Waals surface area contributed by atoms with Crippen molar-refractivity contribution in [2.75, 3.05) is 4.90 Å². The zero-order valence-electron chi connectivity index (χ0n) is 26.3. The average Bonchev–Trinajstić information content (AvgIpc) is 3.63. The molecule has 0 aliphatic heterocycles. The summed E-state index contributed by atoms with van der Waals surface area (Å²) in [4.78, 5) is 2.31. The molecule has 1 heterocycles. The molecule has 2 nitrogen and oxygen atoms in total. The van der Waals surface area contributed by atoms with E-state index < -0.39 is 0 Å². The third-order valence-corrected chi connectivity index (χ3v) is 9.29. The number of anilines is 3. The van der Waals surface area contributed by atoms with Crippen molar-refractivity contribution in [1.82, 2.24) is 0 Å². The predicted octanol–water partition coefficient (Wildman–Crippen LogP) is 13.2. The molecular formula is C46H31NO. The van der Waals surface area contributed by atoms with Gasteiger partial charge in [0.2, 0.25) is 0 Å². The van der Waals surface area contributed by atoms with Gasteiger partial charge in [-0.15, -0.1) is 0 Å². The Balaban J connectivity index is 1.12. The van der Waals surface area contributed by atoms with Crippen molar-refractivity contribution < 1.29 is 4.42 Å². The first-order chi connectivity index (χ1) is 23.8. The SMILES string of the molecule is c1ccc(-c2ccc(N(c3ccc(-c4ccccc4)cc3)c3ccc(-c4cc5c6ccccc6c6ccccc6c5o4)cc3)cc2)cc1. The van der Waals surface area contributed by atoms with Crippen LogP contribution in [0.5, 0.6) is 0 Å². The molecular weight excluding hydrogens is 583 g/mol. The highest BCUT2D eigenvalue weighted by Gasteiger charge is 2.17. The molecule has 0 spiro atoms. The molecule has 0 radical (unpaired) electrons. The molecule has 0 saturated carbocycles. The molecule has 0 aliphatic rings. The molecule has 0 amide bonds. The Hall–Kier alpha value is -6.38. The van der Waals surface area contributed by atoms with Crippen LogP contribution in [0.2, 0.25) is 0 Å². The molecule has 48 heavy (non-hydrogen) atoms. The molecule has 226 valence electrons. The van der Waals surface area contributed by atoms with Gasteiger partial charge in [0.05, 0.1) is 0 Å². The fourth-order valence-corrected chi connectivity index (χ4v) is 6.89. The Morgan fingerprint density at radius 1 is 0.292 bits per heavy atom. The van der Waals surface area contributed by atoms with E-state index in [1.807, 2.05) is 0 Å². The van der Waals surface area contributed by atoms with Crippen LogP contribution in [-0.4, -0.2) is 0 Å². The Bertz CT molecular complexity index is 2360. The van der Waals surface area contributed by atoms with Gasteiger partial charge in [0.1, 0.15) is 11.3 Å². The second-order valence-corrected chi connectivity index (χ2v) is 12.2. The molecule has 2 heteroatoms. The van der Waals surface area contributed by atoms with E-state index in [9.17, 15) is 0 Å². The molecule has 9 aromatic rings. The Kier molecular flexibility index (Phi) is 6.84. The lowest BCUT2D eigenvalue weighted by atomic mass is 9.98. The van der Waals surface area contributed by atoms with E-state index in [2.05, 4.69) is 193 Å². The molecule has 8 aromatic carbocycles. The van der Waals surface area contributed by atoms with Gasteiger partial charge in [-0.25, -0.2) is 0 Å². The fourth-order valence-electron chi connectivity index (χ4n) is 6.89. The minimum absolute atomic E-state index is 0.865. The average molecular weight is 614 g/mol. The van der Waals surface area contributed by atoms with Crippen LogP contribution in [0.25, 0.3) is 66.1 Å². The van der Waals surface area contributed by atoms with Crippen molar-refractivity contribution in [2.24, 2.45) is 0 Å². The number of fused-ring (bicyclic) bond motifs is 6. The van der Waals surface area contributed by atoms with Crippen molar-refractivity contribution in [2.45, 2.75) is 0 Å². The molecule has 0 saturated heterocycles. The van der Waals surface area contributed by atoms with E-state index in [0.29, 0.717) is 0 Å². The third-order valence-electron chi connectivity index (χ3n) is 9.29. The molecule has 0 aliphatic carbocycles. The Labute approximate surface area is 279 Å². The lowest BCUT2D eigenvalue weighted by Crippen LogP contribution is -2.09. The molecule has 0 atom stereocenters. The summed E-state index contributed by atoms with van der Waals surface area (Å²) in [6.45, 7) is 0. The van der Waals surface area contributed by atoms with E-state index in [1.54, 1.807) is 0 Å². The van der Waals surface area contributed by atoms with Crippen LogP contribution in [0.1, 0.15) is 0 Å². The maximum absolute atomic E-state index is 6.64. The van der Waals surface area contributed by atoms with Gasteiger partial charge in [0, 0.05) is 33.4 Å². The standard InChI is InChI=1S/C46H31NO/c1-3-11-32(12-4-1)34-19-25-37(26-20-34)47(38-27-21-35(22-28-38)33-13-5-2-6-14-33)39-29-23-36(24-30-39)45-31-44-42-17-8-7-15-40(42)41-16-9-10-18-43(41)46(44)48-45/h1-31H. The predicted molar refractivity (Wildman–Crippen MR) is 202 cm³/mol. The highest BCUT2D eigenvalue weighted by molar-refractivity contribution is 6.24. The number of benzene rings is 8. The Morgan fingerprint density at radius 2 is 0.646 bits per heavy atom. The van der Waals surface area contributed by atoms with E-state index in [0.717, 1.165) is 44.7 Å². The van der Waals surface area contributed by atoms with Crippen molar-refractivity contribution in [1.29, 1.82) is 0 Å². The lowest BCUT2D eigenvalue weighted by molar-refractivity contribution is 0.635. The third kappa shape index (κ3) is 4.92. The molecule has 0 fully saturated rings. The summed E-state index contributed by atoms with van der Waals surface area (Å²) in [7, 11) is 0. The van der Waals surface area contributed by atoms with E-state index in [4.69, 9.17) is 4.42 Å². The zero-order valence-corrected chi connectivity index (χ0v) is 26.3. The molecule has 9 rings (SSSR count). The maximum Gasteiger partial charge on any atom is 0.143 e. The summed E-state index contributed by atoms with van der Waals surface area (Å²) in [5.74, 6) is 0.865. The monoisotopic (exact) mass is 613 g/mol. The van der Waals surface area contributed by atoms with Gasteiger partial charge in [0.25, 0.3) is 0 Å². The van der Waals surface area contributed by atoms with Crippen molar-refractivity contribution >= 4 is 49.6 Å².